The first kappa shape index (κ1) is 14.8. The van der Waals surface area contributed by atoms with E-state index in [0.29, 0.717) is 4.21 Å². The number of rotatable bonds is 4. The van der Waals surface area contributed by atoms with Crippen molar-refractivity contribution in [3.8, 4) is 11.9 Å². The number of nitrogens with zero attached hydrogens (tertiary/aromatic N) is 2. The summed E-state index contributed by atoms with van der Waals surface area (Å²) in [5.74, 6) is -0.164. The zero-order valence-electron chi connectivity index (χ0n) is 10.7. The molecule has 0 fully saturated rings. The Balaban J connectivity index is 2.36. The molecule has 0 unspecified atom stereocenters. The molecule has 1 aromatic heterocycles. The molecular formula is C12H10N2O3S3. The minimum atomic E-state index is -3.97. The molecule has 0 bridgehead atoms. The van der Waals surface area contributed by atoms with Crippen LogP contribution in [0.1, 0.15) is 11.1 Å². The first-order valence-corrected chi connectivity index (χ1v) is 8.83. The molecule has 0 saturated carbocycles. The summed E-state index contributed by atoms with van der Waals surface area (Å²) in [6.07, 6.45) is 1.78. The standard InChI is InChI=1S/C12H10N2O3S3/c1-8-3-5-9(6-4-8)20(15,16)17-11-10(7-13)12(18-2)19-14-11/h3-6H,1-2H3. The van der Waals surface area contributed by atoms with Gasteiger partial charge in [0.25, 0.3) is 5.88 Å². The number of aromatic nitrogens is 1. The first-order chi connectivity index (χ1) is 9.47. The summed E-state index contributed by atoms with van der Waals surface area (Å²) in [6.45, 7) is 1.86. The molecule has 8 heteroatoms. The predicted molar refractivity (Wildman–Crippen MR) is 77.6 cm³/mol. The zero-order chi connectivity index (χ0) is 14.8. The molecule has 0 aliphatic rings. The van der Waals surface area contributed by atoms with Crippen molar-refractivity contribution in [2.75, 3.05) is 6.26 Å². The van der Waals surface area contributed by atoms with E-state index in [9.17, 15) is 8.42 Å². The van der Waals surface area contributed by atoms with Crippen LogP contribution in [0.5, 0.6) is 5.88 Å². The van der Waals surface area contributed by atoms with Crippen molar-refractivity contribution >= 4 is 33.4 Å². The number of benzene rings is 1. The lowest BCUT2D eigenvalue weighted by Gasteiger charge is -2.05. The average molecular weight is 326 g/mol. The van der Waals surface area contributed by atoms with Crippen LogP contribution in [0.4, 0.5) is 0 Å². The lowest BCUT2D eigenvalue weighted by Crippen LogP contribution is -2.10. The molecule has 2 rings (SSSR count). The molecule has 5 nitrogen and oxygen atoms in total. The van der Waals surface area contributed by atoms with E-state index in [2.05, 4.69) is 4.37 Å². The number of nitriles is 1. The summed E-state index contributed by atoms with van der Waals surface area (Å²) in [7, 11) is -3.97. The maximum Gasteiger partial charge on any atom is 0.340 e. The fourth-order valence-corrected chi connectivity index (χ4v) is 3.62. The third-order valence-electron chi connectivity index (χ3n) is 2.42. The topological polar surface area (TPSA) is 80.0 Å². The van der Waals surface area contributed by atoms with Gasteiger partial charge < -0.3 is 4.18 Å². The van der Waals surface area contributed by atoms with Gasteiger partial charge in [-0.05, 0) is 36.8 Å². The van der Waals surface area contributed by atoms with E-state index in [-0.39, 0.29) is 16.3 Å². The Morgan fingerprint density at radius 1 is 1.35 bits per heavy atom. The Labute approximate surface area is 125 Å². The van der Waals surface area contributed by atoms with E-state index < -0.39 is 10.1 Å². The van der Waals surface area contributed by atoms with Gasteiger partial charge in [-0.25, -0.2) is 0 Å². The van der Waals surface area contributed by atoms with Crippen molar-refractivity contribution < 1.29 is 12.6 Å². The third-order valence-corrected chi connectivity index (χ3v) is 5.58. The molecule has 0 atom stereocenters. The number of thioether (sulfide) groups is 1. The Hall–Kier alpha value is -1.56. The van der Waals surface area contributed by atoms with Gasteiger partial charge >= 0.3 is 10.1 Å². The van der Waals surface area contributed by atoms with E-state index in [1.165, 1.54) is 23.9 Å². The lowest BCUT2D eigenvalue weighted by molar-refractivity contribution is 0.478. The third kappa shape index (κ3) is 2.95. The highest BCUT2D eigenvalue weighted by atomic mass is 32.2. The molecule has 20 heavy (non-hydrogen) atoms. The molecule has 104 valence electrons. The Morgan fingerprint density at radius 3 is 2.55 bits per heavy atom. The quantitative estimate of drug-likeness (QED) is 0.635. The summed E-state index contributed by atoms with van der Waals surface area (Å²) in [6, 6.07) is 8.18. The fourth-order valence-electron chi connectivity index (χ4n) is 1.41. The van der Waals surface area contributed by atoms with Crippen LogP contribution < -0.4 is 4.18 Å². The minimum Gasteiger partial charge on any atom is -0.356 e. The number of hydrogen-bond donors (Lipinski definition) is 0. The highest BCUT2D eigenvalue weighted by molar-refractivity contribution is 8.00. The van der Waals surface area contributed by atoms with E-state index in [4.69, 9.17) is 9.44 Å². The maximum atomic E-state index is 12.1. The average Bonchev–Trinajstić information content (AvgIpc) is 2.80. The summed E-state index contributed by atoms with van der Waals surface area (Å²) in [5.41, 5.74) is 1.10. The molecule has 2 aromatic rings. The van der Waals surface area contributed by atoms with E-state index >= 15 is 0 Å². The fraction of sp³-hybridized carbons (Fsp3) is 0.167. The summed E-state index contributed by atoms with van der Waals surface area (Å²) in [5, 5.41) is 9.05. The maximum absolute atomic E-state index is 12.1. The summed E-state index contributed by atoms with van der Waals surface area (Å²) < 4.78 is 33.7. The van der Waals surface area contributed by atoms with Crippen LogP contribution >= 0.6 is 23.3 Å². The van der Waals surface area contributed by atoms with Gasteiger partial charge in [0.2, 0.25) is 0 Å². The van der Waals surface area contributed by atoms with Crippen LogP contribution in [-0.2, 0) is 10.1 Å². The Morgan fingerprint density at radius 2 is 2.00 bits per heavy atom. The second kappa shape index (κ2) is 5.83. The van der Waals surface area contributed by atoms with Crippen LogP contribution in [-0.4, -0.2) is 19.0 Å². The van der Waals surface area contributed by atoms with Gasteiger partial charge in [-0.15, -0.1) is 11.8 Å². The van der Waals surface area contributed by atoms with E-state index in [1.807, 2.05) is 13.0 Å². The highest BCUT2D eigenvalue weighted by Crippen LogP contribution is 2.33. The Kier molecular flexibility index (Phi) is 4.32. The second-order valence-corrected chi connectivity index (χ2v) is 7.21. The molecule has 0 radical (unpaired) electrons. The van der Waals surface area contributed by atoms with E-state index in [0.717, 1.165) is 17.1 Å². The molecule has 0 saturated heterocycles. The van der Waals surface area contributed by atoms with Crippen molar-refractivity contribution in [1.82, 2.24) is 4.37 Å². The predicted octanol–water partition coefficient (Wildman–Crippen LogP) is 2.81. The molecule has 0 spiro atoms. The van der Waals surface area contributed by atoms with Crippen molar-refractivity contribution in [2.45, 2.75) is 16.0 Å². The van der Waals surface area contributed by atoms with Gasteiger partial charge in [-0.2, -0.15) is 18.1 Å². The van der Waals surface area contributed by atoms with Gasteiger partial charge in [0.1, 0.15) is 20.7 Å². The molecule has 1 aromatic carbocycles. The normalized spacial score (nSPS) is 11.1. The van der Waals surface area contributed by atoms with Crippen LogP contribution in [0.3, 0.4) is 0 Å². The summed E-state index contributed by atoms with van der Waals surface area (Å²) >= 11 is 2.36. The molecule has 0 N–H and O–H groups in total. The largest absolute Gasteiger partial charge is 0.356 e. The zero-order valence-corrected chi connectivity index (χ0v) is 13.1. The minimum absolute atomic E-state index is 0.0330. The molecule has 0 aliphatic carbocycles. The van der Waals surface area contributed by atoms with Crippen LogP contribution in [0.2, 0.25) is 0 Å². The Bertz CT molecular complexity index is 758. The van der Waals surface area contributed by atoms with E-state index in [1.54, 1.807) is 18.4 Å². The van der Waals surface area contributed by atoms with Crippen molar-refractivity contribution in [2.24, 2.45) is 0 Å². The van der Waals surface area contributed by atoms with Crippen LogP contribution in [0.25, 0.3) is 0 Å². The van der Waals surface area contributed by atoms with Gasteiger partial charge in [0, 0.05) is 0 Å². The molecule has 1 heterocycles. The number of aryl methyl sites for hydroxylation is 1. The summed E-state index contributed by atoms with van der Waals surface area (Å²) in [4.78, 5) is 0.0330. The molecule has 0 amide bonds. The van der Waals surface area contributed by atoms with Crippen LogP contribution in [0.15, 0.2) is 33.4 Å². The highest BCUT2D eigenvalue weighted by Gasteiger charge is 2.22. The van der Waals surface area contributed by atoms with Crippen molar-refractivity contribution in [1.29, 1.82) is 5.26 Å². The van der Waals surface area contributed by atoms with Crippen LogP contribution in [0, 0.1) is 18.3 Å². The van der Waals surface area contributed by atoms with Gasteiger partial charge in [-0.3, -0.25) is 0 Å². The first-order valence-electron chi connectivity index (χ1n) is 5.43. The molecular weight excluding hydrogens is 316 g/mol. The molecule has 0 aliphatic heterocycles. The number of hydrogen-bond acceptors (Lipinski definition) is 7. The monoisotopic (exact) mass is 326 g/mol. The van der Waals surface area contributed by atoms with Gasteiger partial charge in [0.05, 0.1) is 0 Å². The SMILES string of the molecule is CSc1snc(OS(=O)(=O)c2ccc(C)cc2)c1C#N. The van der Waals surface area contributed by atoms with Gasteiger partial charge in [0.15, 0.2) is 0 Å². The van der Waals surface area contributed by atoms with Crippen molar-refractivity contribution in [3.63, 3.8) is 0 Å². The lowest BCUT2D eigenvalue weighted by atomic mass is 10.2. The smallest absolute Gasteiger partial charge is 0.340 e. The second-order valence-electron chi connectivity index (χ2n) is 3.82. The van der Waals surface area contributed by atoms with Gasteiger partial charge in [-0.1, -0.05) is 17.7 Å². The van der Waals surface area contributed by atoms with Crippen molar-refractivity contribution in [3.05, 3.63) is 35.4 Å².